The van der Waals surface area contributed by atoms with Gasteiger partial charge in [0, 0.05) is 6.61 Å². The van der Waals surface area contributed by atoms with Gasteiger partial charge in [-0.15, -0.1) is 0 Å². The number of nitrogens with one attached hydrogen (secondary N) is 2. The van der Waals surface area contributed by atoms with Crippen molar-refractivity contribution in [2.45, 2.75) is 173 Å². The van der Waals surface area contributed by atoms with Crippen LogP contribution >= 0.6 is 0 Å². The third-order valence-electron chi connectivity index (χ3n) is 8.82. The van der Waals surface area contributed by atoms with Gasteiger partial charge in [-0.25, -0.2) is 0 Å². The first-order valence-electron chi connectivity index (χ1n) is 17.0. The Morgan fingerprint density at radius 1 is 0.333 bits per heavy atom. The second kappa shape index (κ2) is 25.2. The van der Waals surface area contributed by atoms with Crippen molar-refractivity contribution in [3.8, 4) is 0 Å². The van der Waals surface area contributed by atoms with Crippen molar-refractivity contribution < 1.29 is 4.74 Å². The minimum absolute atomic E-state index is 0.468. The molecule has 1 unspecified atom stereocenters. The van der Waals surface area contributed by atoms with Crippen molar-refractivity contribution in [2.75, 3.05) is 32.8 Å². The van der Waals surface area contributed by atoms with Gasteiger partial charge in [0.05, 0.1) is 6.10 Å². The van der Waals surface area contributed by atoms with E-state index in [1.165, 1.54) is 187 Å². The van der Waals surface area contributed by atoms with Gasteiger partial charge in [0.2, 0.25) is 0 Å². The normalized spacial score (nSPS) is 27.2. The maximum absolute atomic E-state index is 6.70. The van der Waals surface area contributed by atoms with Gasteiger partial charge >= 0.3 is 0 Å². The van der Waals surface area contributed by atoms with Crippen molar-refractivity contribution in [3.05, 3.63) is 0 Å². The summed E-state index contributed by atoms with van der Waals surface area (Å²) in [5.74, 6) is 0.773. The lowest BCUT2D eigenvalue weighted by molar-refractivity contribution is -0.00161. The van der Waals surface area contributed by atoms with Crippen LogP contribution in [0.1, 0.15) is 167 Å². The zero-order chi connectivity index (χ0) is 25.2. The van der Waals surface area contributed by atoms with Crippen LogP contribution in [0.4, 0.5) is 0 Å². The highest BCUT2D eigenvalue weighted by Crippen LogP contribution is 2.26. The van der Waals surface area contributed by atoms with Gasteiger partial charge < -0.3 is 15.4 Å². The van der Waals surface area contributed by atoms with E-state index >= 15 is 0 Å². The molecule has 0 aromatic rings. The van der Waals surface area contributed by atoms with E-state index < -0.39 is 0 Å². The van der Waals surface area contributed by atoms with Crippen molar-refractivity contribution in [1.82, 2.24) is 10.6 Å². The zero-order valence-corrected chi connectivity index (χ0v) is 24.5. The molecule has 2 aliphatic rings. The lowest BCUT2D eigenvalue weighted by atomic mass is 9.87. The van der Waals surface area contributed by atoms with Crippen LogP contribution < -0.4 is 10.6 Å². The first-order valence-corrected chi connectivity index (χ1v) is 17.0. The Morgan fingerprint density at radius 2 is 0.694 bits per heavy atom. The second-order valence-corrected chi connectivity index (χ2v) is 12.2. The fraction of sp³-hybridized carbons (Fsp3) is 1.00. The topological polar surface area (TPSA) is 33.3 Å². The summed E-state index contributed by atoms with van der Waals surface area (Å²) in [6.45, 7) is 5.66. The van der Waals surface area contributed by atoms with Crippen LogP contribution in [0.25, 0.3) is 0 Å². The van der Waals surface area contributed by atoms with Gasteiger partial charge in [-0.3, -0.25) is 0 Å². The molecule has 2 rings (SSSR count). The van der Waals surface area contributed by atoms with Gasteiger partial charge in [-0.2, -0.15) is 0 Å². The van der Waals surface area contributed by atoms with Crippen molar-refractivity contribution in [3.63, 3.8) is 0 Å². The molecule has 1 atom stereocenters. The molecular weight excluding hydrogens is 440 g/mol. The van der Waals surface area contributed by atoms with Crippen LogP contribution in [0.15, 0.2) is 0 Å². The van der Waals surface area contributed by atoms with Crippen molar-refractivity contribution in [1.29, 1.82) is 0 Å². The number of hydrogen-bond acceptors (Lipinski definition) is 3. The first-order chi connectivity index (χ1) is 18.0. The Hall–Kier alpha value is -0.120. The lowest BCUT2D eigenvalue weighted by Gasteiger charge is -2.28. The fourth-order valence-electron chi connectivity index (χ4n) is 6.37. The monoisotopic (exact) mass is 507 g/mol. The Labute approximate surface area is 227 Å². The molecule has 1 saturated carbocycles. The maximum atomic E-state index is 6.70. The maximum Gasteiger partial charge on any atom is 0.0615 e. The van der Waals surface area contributed by atoms with E-state index in [0.717, 1.165) is 19.1 Å². The zero-order valence-electron chi connectivity index (χ0n) is 24.5. The lowest BCUT2D eigenvalue weighted by Crippen LogP contribution is -2.30. The summed E-state index contributed by atoms with van der Waals surface area (Å²) in [7, 11) is 0. The van der Waals surface area contributed by atoms with Crippen LogP contribution in [0, 0.1) is 5.92 Å². The van der Waals surface area contributed by atoms with Crippen LogP contribution in [0.5, 0.6) is 0 Å². The van der Waals surface area contributed by atoms with E-state index in [2.05, 4.69) is 10.6 Å². The minimum atomic E-state index is 0.468. The molecule has 0 bridgehead atoms. The molecule has 0 aromatic carbocycles. The summed E-state index contributed by atoms with van der Waals surface area (Å²) >= 11 is 0. The molecule has 0 amide bonds. The summed E-state index contributed by atoms with van der Waals surface area (Å²) in [5.41, 5.74) is 0. The SMILES string of the molecule is C1CCCCCCCCC(C2CCNCCCCCCCCNCCCCO2)CCCCCCCC1. The second-order valence-electron chi connectivity index (χ2n) is 12.2. The van der Waals surface area contributed by atoms with Crippen LogP contribution in [0.2, 0.25) is 0 Å². The Bertz CT molecular complexity index is 367. The molecule has 36 heavy (non-hydrogen) atoms. The molecule has 0 spiro atoms. The van der Waals surface area contributed by atoms with E-state index in [1.807, 2.05) is 0 Å². The molecule has 3 heteroatoms. The van der Waals surface area contributed by atoms with Crippen LogP contribution in [-0.2, 0) is 4.74 Å². The van der Waals surface area contributed by atoms with E-state index in [1.54, 1.807) is 0 Å². The fourth-order valence-corrected chi connectivity index (χ4v) is 6.37. The van der Waals surface area contributed by atoms with Crippen molar-refractivity contribution in [2.24, 2.45) is 5.92 Å². The molecule has 3 nitrogen and oxygen atoms in total. The number of rotatable bonds is 1. The molecule has 1 heterocycles. The molecular formula is C33H66N2O. The average molecular weight is 507 g/mol. The van der Waals surface area contributed by atoms with Crippen molar-refractivity contribution >= 4 is 0 Å². The van der Waals surface area contributed by atoms with E-state index in [4.69, 9.17) is 4.74 Å². The number of hydrogen-bond donors (Lipinski definition) is 2. The van der Waals surface area contributed by atoms with Crippen LogP contribution in [-0.4, -0.2) is 38.9 Å². The molecule has 0 radical (unpaired) electrons. The highest BCUT2D eigenvalue weighted by molar-refractivity contribution is 4.73. The summed E-state index contributed by atoms with van der Waals surface area (Å²) < 4.78 is 6.70. The van der Waals surface area contributed by atoms with Crippen LogP contribution in [0.3, 0.4) is 0 Å². The van der Waals surface area contributed by atoms with Gasteiger partial charge in [0.1, 0.15) is 0 Å². The first kappa shape index (κ1) is 32.1. The molecule has 1 aliphatic carbocycles. The Balaban J connectivity index is 1.83. The number of ether oxygens (including phenoxy) is 1. The predicted octanol–water partition coefficient (Wildman–Crippen LogP) is 9.34. The minimum Gasteiger partial charge on any atom is -0.378 e. The molecule has 2 N–H and O–H groups in total. The van der Waals surface area contributed by atoms with Gasteiger partial charge in [-0.05, 0) is 77.0 Å². The highest BCUT2D eigenvalue weighted by Gasteiger charge is 2.21. The average Bonchev–Trinajstić information content (AvgIpc) is 2.89. The predicted molar refractivity (Wildman–Crippen MR) is 159 cm³/mol. The third-order valence-corrected chi connectivity index (χ3v) is 8.82. The molecule has 1 saturated heterocycles. The van der Waals surface area contributed by atoms with E-state index in [0.29, 0.717) is 6.10 Å². The van der Waals surface area contributed by atoms with E-state index in [9.17, 15) is 0 Å². The Morgan fingerprint density at radius 3 is 1.17 bits per heavy atom. The standard InChI is InChI=1S/C33H66N2O/c1-2-4-6-8-10-14-18-24-32(25-19-15-11-9-7-5-3-1)33-26-30-35-28-21-17-13-12-16-20-27-34-29-22-23-31-36-33/h32-35H,1-31H2. The largest absolute Gasteiger partial charge is 0.378 e. The Kier molecular flexibility index (Phi) is 22.4. The summed E-state index contributed by atoms with van der Waals surface area (Å²) in [5, 5.41) is 7.44. The van der Waals surface area contributed by atoms with Gasteiger partial charge in [0.15, 0.2) is 0 Å². The van der Waals surface area contributed by atoms with Gasteiger partial charge in [-0.1, -0.05) is 122 Å². The molecule has 214 valence electrons. The molecule has 0 aromatic heterocycles. The summed E-state index contributed by atoms with van der Waals surface area (Å²) in [4.78, 5) is 0. The van der Waals surface area contributed by atoms with E-state index in [-0.39, 0.29) is 0 Å². The highest BCUT2D eigenvalue weighted by atomic mass is 16.5. The van der Waals surface area contributed by atoms with Gasteiger partial charge in [0.25, 0.3) is 0 Å². The molecule has 2 fully saturated rings. The third kappa shape index (κ3) is 19.0. The quantitative estimate of drug-likeness (QED) is 0.371. The molecule has 1 aliphatic heterocycles. The summed E-state index contributed by atoms with van der Waals surface area (Å²) in [6.07, 6.45) is 37.1. The summed E-state index contributed by atoms with van der Waals surface area (Å²) in [6, 6.07) is 0. The smallest absolute Gasteiger partial charge is 0.0615 e.